The Labute approximate surface area is 179 Å². The summed E-state index contributed by atoms with van der Waals surface area (Å²) in [6.45, 7) is -0.285. The van der Waals surface area contributed by atoms with Crippen molar-refractivity contribution in [3.8, 4) is 0 Å². The minimum Gasteiger partial charge on any atom is -0.381 e. The number of benzene rings is 2. The van der Waals surface area contributed by atoms with Gasteiger partial charge in [-0.15, -0.1) is 5.10 Å². The second-order valence-corrected chi connectivity index (χ2v) is 7.83. The smallest absolute Gasteiger partial charge is 0.208 e. The molecule has 0 aliphatic heterocycles. The van der Waals surface area contributed by atoms with Gasteiger partial charge in [0.05, 0.1) is 13.1 Å². The lowest BCUT2D eigenvalue weighted by Gasteiger charge is -2.28. The Morgan fingerprint density at radius 2 is 1.68 bits per heavy atom. The molecular formula is C20H17F3N6OS. The fourth-order valence-electron chi connectivity index (χ4n) is 3.09. The van der Waals surface area contributed by atoms with Crippen LogP contribution in [-0.4, -0.2) is 34.6 Å². The fourth-order valence-corrected chi connectivity index (χ4v) is 3.86. The predicted octanol–water partition coefficient (Wildman–Crippen LogP) is 3.17. The molecule has 2 aromatic carbocycles. The molecule has 0 saturated heterocycles. The summed E-state index contributed by atoms with van der Waals surface area (Å²) in [5.74, 6) is -1.41. The quantitative estimate of drug-likeness (QED) is 0.419. The second kappa shape index (κ2) is 8.90. The van der Waals surface area contributed by atoms with Gasteiger partial charge in [0.2, 0.25) is 5.16 Å². The van der Waals surface area contributed by atoms with E-state index in [0.29, 0.717) is 17.0 Å². The van der Waals surface area contributed by atoms with Gasteiger partial charge in [-0.25, -0.2) is 32.5 Å². The molecule has 0 radical (unpaired) electrons. The van der Waals surface area contributed by atoms with Crippen LogP contribution in [0.3, 0.4) is 0 Å². The van der Waals surface area contributed by atoms with Crippen molar-refractivity contribution >= 4 is 11.8 Å². The van der Waals surface area contributed by atoms with Gasteiger partial charge in [-0.1, -0.05) is 30.0 Å². The molecule has 4 rings (SSSR count). The Kier molecular flexibility index (Phi) is 6.05. The summed E-state index contributed by atoms with van der Waals surface area (Å²) in [5, 5.41) is 20.1. The van der Waals surface area contributed by atoms with Gasteiger partial charge >= 0.3 is 0 Å². The summed E-state index contributed by atoms with van der Waals surface area (Å²) in [7, 11) is 0. The summed E-state index contributed by atoms with van der Waals surface area (Å²) in [5.41, 5.74) is -0.989. The van der Waals surface area contributed by atoms with Gasteiger partial charge in [0.25, 0.3) is 0 Å². The zero-order valence-electron chi connectivity index (χ0n) is 16.1. The van der Waals surface area contributed by atoms with Crippen molar-refractivity contribution < 1.29 is 18.3 Å². The molecule has 160 valence electrons. The van der Waals surface area contributed by atoms with Crippen LogP contribution in [0.15, 0.2) is 66.6 Å². The number of hydrogen-bond donors (Lipinski definition) is 1. The maximum atomic E-state index is 14.5. The van der Waals surface area contributed by atoms with Crippen LogP contribution >= 0.6 is 11.8 Å². The largest absolute Gasteiger partial charge is 0.381 e. The Morgan fingerprint density at radius 3 is 2.39 bits per heavy atom. The summed E-state index contributed by atoms with van der Waals surface area (Å²) in [6.07, 6.45) is 4.10. The molecule has 11 heteroatoms. The maximum Gasteiger partial charge on any atom is 0.208 e. The van der Waals surface area contributed by atoms with Crippen molar-refractivity contribution in [2.45, 2.75) is 29.6 Å². The third-order valence-corrected chi connectivity index (χ3v) is 5.47. The first-order chi connectivity index (χ1) is 14.9. The van der Waals surface area contributed by atoms with E-state index in [0.717, 1.165) is 11.6 Å². The second-order valence-electron chi connectivity index (χ2n) is 6.89. The average molecular weight is 446 g/mol. The molecular weight excluding hydrogens is 429 g/mol. The fraction of sp³-hybridized carbons (Fsp3) is 0.200. The summed E-state index contributed by atoms with van der Waals surface area (Å²) < 4.78 is 43.6. The molecule has 0 aliphatic rings. The molecule has 0 bridgehead atoms. The normalized spacial score (nSPS) is 13.3. The third kappa shape index (κ3) is 5.12. The van der Waals surface area contributed by atoms with Gasteiger partial charge in [-0.3, -0.25) is 0 Å². The lowest BCUT2D eigenvalue weighted by Crippen LogP contribution is -2.37. The summed E-state index contributed by atoms with van der Waals surface area (Å²) in [6, 6.07) is 9.10. The average Bonchev–Trinajstić information content (AvgIpc) is 3.39. The van der Waals surface area contributed by atoms with Crippen molar-refractivity contribution in [3.63, 3.8) is 0 Å². The van der Waals surface area contributed by atoms with Gasteiger partial charge in [0.1, 0.15) is 42.0 Å². The number of rotatable bonds is 8. The van der Waals surface area contributed by atoms with E-state index < -0.39 is 17.2 Å². The molecule has 31 heavy (non-hydrogen) atoms. The highest BCUT2D eigenvalue weighted by atomic mass is 32.2. The lowest BCUT2D eigenvalue weighted by atomic mass is 9.93. The first-order valence-electron chi connectivity index (χ1n) is 9.18. The van der Waals surface area contributed by atoms with Gasteiger partial charge in [-0.2, -0.15) is 5.10 Å². The van der Waals surface area contributed by atoms with E-state index in [2.05, 4.69) is 20.2 Å². The van der Waals surface area contributed by atoms with Crippen LogP contribution in [0.4, 0.5) is 13.2 Å². The topological polar surface area (TPSA) is 81.6 Å². The Balaban J connectivity index is 1.53. The lowest BCUT2D eigenvalue weighted by molar-refractivity contribution is -0.00878. The number of hydrogen-bond acceptors (Lipinski definition) is 6. The van der Waals surface area contributed by atoms with Crippen LogP contribution in [-0.2, 0) is 24.4 Å². The Hall–Kier alpha value is -3.18. The molecule has 0 amide bonds. The molecule has 7 nitrogen and oxygen atoms in total. The monoisotopic (exact) mass is 446 g/mol. The minimum absolute atomic E-state index is 0.0968. The van der Waals surface area contributed by atoms with Crippen molar-refractivity contribution in [1.29, 1.82) is 0 Å². The number of nitrogens with zero attached hydrogens (tertiary/aromatic N) is 6. The van der Waals surface area contributed by atoms with Crippen LogP contribution in [0.2, 0.25) is 0 Å². The van der Waals surface area contributed by atoms with Crippen molar-refractivity contribution in [2.75, 3.05) is 0 Å². The molecule has 0 saturated carbocycles. The van der Waals surface area contributed by atoms with E-state index in [-0.39, 0.29) is 24.5 Å². The number of halogens is 3. The highest BCUT2D eigenvalue weighted by Crippen LogP contribution is 2.29. The summed E-state index contributed by atoms with van der Waals surface area (Å²) >= 11 is 1.33. The summed E-state index contributed by atoms with van der Waals surface area (Å²) in [4.78, 5) is 8.03. The van der Waals surface area contributed by atoms with Crippen molar-refractivity contribution in [1.82, 2.24) is 29.5 Å². The van der Waals surface area contributed by atoms with Crippen LogP contribution in [0.25, 0.3) is 0 Å². The molecule has 4 aromatic rings. The number of aliphatic hydroxyl groups is 1. The molecule has 0 aliphatic carbocycles. The van der Waals surface area contributed by atoms with Crippen LogP contribution in [0.1, 0.15) is 11.1 Å². The third-order valence-electron chi connectivity index (χ3n) is 4.54. The predicted molar refractivity (Wildman–Crippen MR) is 106 cm³/mol. The molecule has 1 unspecified atom stereocenters. The van der Waals surface area contributed by atoms with Crippen LogP contribution in [0, 0.1) is 17.5 Å². The van der Waals surface area contributed by atoms with Gasteiger partial charge < -0.3 is 5.11 Å². The maximum absolute atomic E-state index is 14.5. The molecule has 1 atom stereocenters. The van der Waals surface area contributed by atoms with Crippen LogP contribution in [0.5, 0.6) is 0 Å². The highest BCUT2D eigenvalue weighted by molar-refractivity contribution is 7.98. The highest BCUT2D eigenvalue weighted by Gasteiger charge is 2.34. The molecule has 2 heterocycles. The standard InChI is InChI=1S/C20H17F3N6OS/c21-15-3-1-14(2-4-15)8-31-19-25-13-29(27-19)10-20(30,9-28-12-24-11-26-28)17-6-5-16(22)7-18(17)23/h1-7,11-13,30H,8-10H2. The van der Waals surface area contributed by atoms with E-state index in [1.54, 1.807) is 12.1 Å². The van der Waals surface area contributed by atoms with Crippen LogP contribution < -0.4 is 0 Å². The number of thioether (sulfide) groups is 1. The van der Waals surface area contributed by atoms with Gasteiger partial charge in [0.15, 0.2) is 0 Å². The van der Waals surface area contributed by atoms with Crippen molar-refractivity contribution in [2.24, 2.45) is 0 Å². The first kappa shape index (κ1) is 21.1. The zero-order valence-corrected chi connectivity index (χ0v) is 16.9. The molecule has 0 fully saturated rings. The van der Waals surface area contributed by atoms with Gasteiger partial charge in [0, 0.05) is 17.4 Å². The SMILES string of the molecule is OC(Cn1cncn1)(Cn1cnc(SCc2ccc(F)cc2)n1)c1ccc(F)cc1F. The zero-order chi connectivity index (χ0) is 21.8. The first-order valence-corrected chi connectivity index (χ1v) is 10.2. The molecule has 2 aromatic heterocycles. The minimum atomic E-state index is -1.79. The Morgan fingerprint density at radius 1 is 0.935 bits per heavy atom. The van der Waals surface area contributed by atoms with Gasteiger partial charge in [-0.05, 0) is 23.8 Å². The molecule has 0 spiro atoms. The van der Waals surface area contributed by atoms with E-state index in [9.17, 15) is 18.3 Å². The van der Waals surface area contributed by atoms with E-state index >= 15 is 0 Å². The van der Waals surface area contributed by atoms with E-state index in [1.165, 1.54) is 58.3 Å². The Bertz CT molecular complexity index is 1150. The number of aromatic nitrogens is 6. The van der Waals surface area contributed by atoms with E-state index in [4.69, 9.17) is 0 Å². The molecule has 1 N–H and O–H groups in total. The van der Waals surface area contributed by atoms with E-state index in [1.807, 2.05) is 0 Å². The van der Waals surface area contributed by atoms with Crippen molar-refractivity contribution in [3.05, 3.63) is 90.0 Å².